The Morgan fingerprint density at radius 1 is 1.11 bits per heavy atom. The first-order chi connectivity index (χ1) is 9.34. The summed E-state index contributed by atoms with van der Waals surface area (Å²) in [6.45, 7) is 4.14. The molecule has 1 saturated carbocycles. The van der Waals surface area contributed by atoms with Crippen molar-refractivity contribution in [2.75, 3.05) is 18.2 Å². The summed E-state index contributed by atoms with van der Waals surface area (Å²) >= 11 is 0. The van der Waals surface area contributed by atoms with Crippen molar-refractivity contribution in [1.82, 2.24) is 4.90 Å². The molecule has 0 aromatic heterocycles. The highest BCUT2D eigenvalue weighted by Gasteiger charge is 2.28. The fraction of sp³-hybridized carbons (Fsp3) is 0.562. The monoisotopic (exact) mass is 257 g/mol. The molecule has 0 radical (unpaired) electrons. The first-order valence-corrected chi connectivity index (χ1v) is 7.40. The maximum atomic E-state index is 4.55. The fourth-order valence-electron chi connectivity index (χ4n) is 3.30. The van der Waals surface area contributed by atoms with E-state index in [2.05, 4.69) is 58.4 Å². The second-order valence-corrected chi connectivity index (χ2v) is 5.80. The zero-order valence-electron chi connectivity index (χ0n) is 11.7. The average Bonchev–Trinajstić information content (AvgIpc) is 2.49. The highest BCUT2D eigenvalue weighted by atomic mass is 15.4. The van der Waals surface area contributed by atoms with Crippen LogP contribution in [-0.4, -0.2) is 30.6 Å². The van der Waals surface area contributed by atoms with Crippen molar-refractivity contribution >= 4 is 12.0 Å². The van der Waals surface area contributed by atoms with Crippen LogP contribution in [0.4, 0.5) is 5.69 Å². The van der Waals surface area contributed by atoms with Gasteiger partial charge in [0.15, 0.2) is 0 Å². The summed E-state index contributed by atoms with van der Waals surface area (Å²) in [5, 5.41) is 0. The van der Waals surface area contributed by atoms with E-state index in [0.717, 1.165) is 19.3 Å². The van der Waals surface area contributed by atoms with E-state index in [-0.39, 0.29) is 0 Å². The van der Waals surface area contributed by atoms with Crippen molar-refractivity contribution in [3.05, 3.63) is 30.3 Å². The minimum absolute atomic E-state index is 0.670. The maximum absolute atomic E-state index is 4.55. The summed E-state index contributed by atoms with van der Waals surface area (Å²) in [4.78, 5) is 9.35. The van der Waals surface area contributed by atoms with Crippen LogP contribution >= 0.6 is 0 Å². The molecule has 1 aromatic rings. The van der Waals surface area contributed by atoms with Crippen molar-refractivity contribution in [1.29, 1.82) is 0 Å². The summed E-state index contributed by atoms with van der Waals surface area (Å²) in [5.41, 5.74) is 1.27. The molecule has 1 aromatic carbocycles. The number of aliphatic imine (C=N–C) groups is 1. The zero-order valence-corrected chi connectivity index (χ0v) is 11.7. The lowest BCUT2D eigenvalue weighted by molar-refractivity contribution is 0.181. The third kappa shape index (κ3) is 2.75. The molecule has 2 aliphatic rings. The molecule has 3 rings (SSSR count). The van der Waals surface area contributed by atoms with Gasteiger partial charge in [-0.2, -0.15) is 0 Å². The fourth-order valence-corrected chi connectivity index (χ4v) is 3.30. The molecule has 1 aliphatic heterocycles. The average molecular weight is 257 g/mol. The largest absolute Gasteiger partial charge is 0.342 e. The minimum Gasteiger partial charge on any atom is -0.342 e. The SMILES string of the molecule is CC1CCCCC1N1C=NCN(c2ccccc2)C1. The number of benzene rings is 1. The lowest BCUT2D eigenvalue weighted by atomic mass is 9.85. The second-order valence-electron chi connectivity index (χ2n) is 5.80. The summed E-state index contributed by atoms with van der Waals surface area (Å²) < 4.78 is 0. The Morgan fingerprint density at radius 3 is 2.68 bits per heavy atom. The number of para-hydroxylation sites is 1. The Balaban J connectivity index is 1.71. The molecule has 1 aliphatic carbocycles. The highest BCUT2D eigenvalue weighted by Crippen LogP contribution is 2.29. The van der Waals surface area contributed by atoms with E-state index in [1.807, 2.05) is 0 Å². The van der Waals surface area contributed by atoms with Crippen LogP contribution < -0.4 is 4.90 Å². The van der Waals surface area contributed by atoms with Crippen LogP contribution in [0.1, 0.15) is 32.6 Å². The van der Waals surface area contributed by atoms with E-state index in [1.54, 1.807) is 0 Å². The number of rotatable bonds is 2. The molecular weight excluding hydrogens is 234 g/mol. The smallest absolute Gasteiger partial charge is 0.113 e. The molecule has 0 spiro atoms. The Morgan fingerprint density at radius 2 is 1.89 bits per heavy atom. The Bertz CT molecular complexity index is 429. The zero-order chi connectivity index (χ0) is 13.1. The van der Waals surface area contributed by atoms with Gasteiger partial charge in [0, 0.05) is 11.7 Å². The van der Waals surface area contributed by atoms with E-state index < -0.39 is 0 Å². The molecule has 19 heavy (non-hydrogen) atoms. The van der Waals surface area contributed by atoms with Crippen LogP contribution in [0.15, 0.2) is 35.3 Å². The molecule has 3 nitrogen and oxygen atoms in total. The third-order valence-electron chi connectivity index (χ3n) is 4.43. The van der Waals surface area contributed by atoms with Gasteiger partial charge in [0.05, 0.1) is 13.0 Å². The van der Waals surface area contributed by atoms with Gasteiger partial charge >= 0.3 is 0 Å². The molecule has 1 fully saturated rings. The van der Waals surface area contributed by atoms with Gasteiger partial charge < -0.3 is 9.80 Å². The predicted molar refractivity (Wildman–Crippen MR) is 80.4 cm³/mol. The van der Waals surface area contributed by atoms with E-state index in [0.29, 0.717) is 6.04 Å². The van der Waals surface area contributed by atoms with Gasteiger partial charge in [-0.05, 0) is 30.9 Å². The van der Waals surface area contributed by atoms with Gasteiger partial charge in [0.25, 0.3) is 0 Å². The van der Waals surface area contributed by atoms with Gasteiger partial charge in [-0.1, -0.05) is 38.0 Å². The van der Waals surface area contributed by atoms with Gasteiger partial charge in [-0.25, -0.2) is 0 Å². The molecule has 0 N–H and O–H groups in total. The van der Waals surface area contributed by atoms with Gasteiger partial charge in [-0.15, -0.1) is 0 Å². The first kappa shape index (κ1) is 12.5. The Kier molecular flexibility index (Phi) is 3.72. The topological polar surface area (TPSA) is 18.8 Å². The predicted octanol–water partition coefficient (Wildman–Crippen LogP) is 3.33. The van der Waals surface area contributed by atoms with Crippen LogP contribution in [0.25, 0.3) is 0 Å². The quantitative estimate of drug-likeness (QED) is 0.809. The van der Waals surface area contributed by atoms with Crippen LogP contribution in [0.2, 0.25) is 0 Å². The molecule has 2 unspecified atom stereocenters. The van der Waals surface area contributed by atoms with E-state index in [1.165, 1.54) is 31.4 Å². The molecular formula is C16H23N3. The van der Waals surface area contributed by atoms with Crippen LogP contribution in [0.5, 0.6) is 0 Å². The minimum atomic E-state index is 0.670. The van der Waals surface area contributed by atoms with Crippen molar-refractivity contribution in [2.45, 2.75) is 38.6 Å². The summed E-state index contributed by atoms with van der Waals surface area (Å²) in [5.74, 6) is 0.788. The van der Waals surface area contributed by atoms with E-state index in [4.69, 9.17) is 0 Å². The maximum Gasteiger partial charge on any atom is 0.113 e. The van der Waals surface area contributed by atoms with Gasteiger partial charge in [-0.3, -0.25) is 4.99 Å². The van der Waals surface area contributed by atoms with Gasteiger partial charge in [0.1, 0.15) is 6.67 Å². The Hall–Kier alpha value is -1.51. The molecule has 0 saturated heterocycles. The van der Waals surface area contributed by atoms with E-state index >= 15 is 0 Å². The lowest BCUT2D eigenvalue weighted by Crippen LogP contribution is -2.49. The number of hydrogen-bond donors (Lipinski definition) is 0. The van der Waals surface area contributed by atoms with Crippen molar-refractivity contribution in [2.24, 2.45) is 10.9 Å². The highest BCUT2D eigenvalue weighted by molar-refractivity contribution is 5.60. The van der Waals surface area contributed by atoms with Crippen LogP contribution in [0, 0.1) is 5.92 Å². The van der Waals surface area contributed by atoms with Crippen molar-refractivity contribution < 1.29 is 0 Å². The number of nitrogens with zero attached hydrogens (tertiary/aromatic N) is 3. The Labute approximate surface area is 115 Å². The number of hydrogen-bond acceptors (Lipinski definition) is 3. The molecule has 2 atom stereocenters. The van der Waals surface area contributed by atoms with Crippen LogP contribution in [-0.2, 0) is 0 Å². The van der Waals surface area contributed by atoms with Gasteiger partial charge in [0.2, 0.25) is 0 Å². The third-order valence-corrected chi connectivity index (χ3v) is 4.43. The molecule has 1 heterocycles. The standard InChI is InChI=1S/C16H23N3/c1-14-7-5-6-10-16(14)19-12-17-11-18(13-19)15-8-3-2-4-9-15/h2-4,8-9,12,14,16H,5-7,10-11,13H2,1H3. The molecule has 0 amide bonds. The molecule has 3 heteroatoms. The molecule has 0 bridgehead atoms. The second kappa shape index (κ2) is 5.64. The van der Waals surface area contributed by atoms with Crippen molar-refractivity contribution in [3.8, 4) is 0 Å². The summed E-state index contributed by atoms with van der Waals surface area (Å²) in [7, 11) is 0. The van der Waals surface area contributed by atoms with E-state index in [9.17, 15) is 0 Å². The summed E-state index contributed by atoms with van der Waals surface area (Å²) in [6.07, 6.45) is 7.51. The number of anilines is 1. The molecule has 102 valence electrons. The summed E-state index contributed by atoms with van der Waals surface area (Å²) in [6, 6.07) is 11.3. The normalized spacial score (nSPS) is 27.6. The van der Waals surface area contributed by atoms with Crippen molar-refractivity contribution in [3.63, 3.8) is 0 Å². The lowest BCUT2D eigenvalue weighted by Gasteiger charge is -2.42. The first-order valence-electron chi connectivity index (χ1n) is 7.40. The van der Waals surface area contributed by atoms with Crippen LogP contribution in [0.3, 0.4) is 0 Å².